The Balaban J connectivity index is 0.000000151. The number of halogens is 3. The van der Waals surface area contributed by atoms with Gasteiger partial charge in [-0.2, -0.15) is 0 Å². The molecule has 0 saturated heterocycles. The molecule has 1 saturated carbocycles. The summed E-state index contributed by atoms with van der Waals surface area (Å²) in [6, 6.07) is 5.11. The van der Waals surface area contributed by atoms with Crippen molar-refractivity contribution in [1.29, 1.82) is 0 Å². The van der Waals surface area contributed by atoms with Crippen LogP contribution in [-0.2, 0) is 0 Å². The molecule has 1 aliphatic carbocycles. The van der Waals surface area contributed by atoms with Gasteiger partial charge in [-0.25, -0.2) is 18.6 Å². The molecule has 5 nitrogen and oxygen atoms in total. The molecule has 1 aliphatic heterocycles. The van der Waals surface area contributed by atoms with Gasteiger partial charge in [0.2, 0.25) is 0 Å². The van der Waals surface area contributed by atoms with Crippen LogP contribution in [0.1, 0.15) is 18.4 Å². The molecule has 2 heterocycles. The number of nitrogens with zero attached hydrogens (tertiary/aromatic N) is 1. The summed E-state index contributed by atoms with van der Waals surface area (Å²) in [7, 11) is 0. The molecule has 3 N–H and O–H groups in total. The van der Waals surface area contributed by atoms with Crippen LogP contribution in [0.4, 0.5) is 19.4 Å². The molecule has 3 atom stereocenters. The summed E-state index contributed by atoms with van der Waals surface area (Å²) in [5.41, 5.74) is 5.31. The zero-order chi connectivity index (χ0) is 18.1. The average Bonchev–Trinajstić information content (AvgIpc) is 3.24. The lowest BCUT2D eigenvalue weighted by atomic mass is 10.0. The average molecular weight is 412 g/mol. The first-order valence-corrected chi connectivity index (χ1v) is 8.46. The number of hydrogen-bond donors (Lipinski definition) is 2. The molecule has 2 amide bonds. The van der Waals surface area contributed by atoms with Crippen molar-refractivity contribution in [2.24, 2.45) is 17.6 Å². The number of amides is 2. The maximum Gasteiger partial charge on any atom is 0.317 e. The fourth-order valence-electron chi connectivity index (χ4n) is 3.04. The van der Waals surface area contributed by atoms with E-state index in [0.29, 0.717) is 29.8 Å². The Morgan fingerprint density at radius 1 is 1.32 bits per heavy atom. The van der Waals surface area contributed by atoms with Gasteiger partial charge in [0.1, 0.15) is 11.6 Å². The molecule has 8 heteroatoms. The topological polar surface area (TPSA) is 77.2 Å². The van der Waals surface area contributed by atoms with Crippen LogP contribution in [0.25, 0.3) is 0 Å². The lowest BCUT2D eigenvalue weighted by Crippen LogP contribution is -2.19. The Bertz CT molecular complexity index is 801. The Kier molecular flexibility index (Phi) is 4.89. The highest BCUT2D eigenvalue weighted by molar-refractivity contribution is 9.10. The zero-order valence-corrected chi connectivity index (χ0v) is 14.9. The second-order valence-electron chi connectivity index (χ2n) is 5.98. The number of hydrogen-bond acceptors (Lipinski definition) is 3. The van der Waals surface area contributed by atoms with Crippen molar-refractivity contribution in [1.82, 2.24) is 4.98 Å². The molecule has 1 aromatic carbocycles. The number of fused-ring (bicyclic) bond motifs is 3. The smallest absolute Gasteiger partial charge is 0.317 e. The maximum atomic E-state index is 13.5. The number of carbonyl (C=O) groups is 1. The molecule has 25 heavy (non-hydrogen) atoms. The van der Waals surface area contributed by atoms with E-state index in [1.165, 1.54) is 6.07 Å². The highest BCUT2D eigenvalue weighted by Crippen LogP contribution is 2.59. The number of rotatable bonds is 1. The summed E-state index contributed by atoms with van der Waals surface area (Å²) in [4.78, 5) is 14.2. The maximum absolute atomic E-state index is 13.5. The summed E-state index contributed by atoms with van der Waals surface area (Å²) in [5, 5.41) is 2.34. The van der Waals surface area contributed by atoms with Crippen molar-refractivity contribution >= 4 is 27.8 Å². The number of primary amides is 1. The quantitative estimate of drug-likeness (QED) is 0.742. The summed E-state index contributed by atoms with van der Waals surface area (Å²) in [6.07, 6.45) is 1.57. The van der Waals surface area contributed by atoms with E-state index in [0.717, 1.165) is 10.5 Å². The predicted molar refractivity (Wildman–Crippen MR) is 92.4 cm³/mol. The number of benzene rings is 1. The van der Waals surface area contributed by atoms with Crippen molar-refractivity contribution in [3.63, 3.8) is 0 Å². The van der Waals surface area contributed by atoms with Crippen LogP contribution >= 0.6 is 15.9 Å². The number of nitrogens with one attached hydrogen (secondary N) is 1. The highest BCUT2D eigenvalue weighted by atomic mass is 79.9. The number of carbonyl (C=O) groups excluding carboxylic acids is 1. The van der Waals surface area contributed by atoms with Gasteiger partial charge in [-0.3, -0.25) is 5.32 Å². The van der Waals surface area contributed by atoms with Crippen LogP contribution in [0, 0.1) is 23.5 Å². The van der Waals surface area contributed by atoms with Crippen molar-refractivity contribution in [2.45, 2.75) is 12.8 Å². The van der Waals surface area contributed by atoms with Gasteiger partial charge in [0.15, 0.2) is 11.6 Å². The third-order valence-corrected chi connectivity index (χ3v) is 4.86. The van der Waals surface area contributed by atoms with E-state index in [2.05, 4.69) is 33.2 Å². The predicted octanol–water partition coefficient (Wildman–Crippen LogP) is 4.04. The molecular formula is C17H16BrF2N3O2. The van der Waals surface area contributed by atoms with Crippen molar-refractivity contribution in [3.05, 3.63) is 52.1 Å². The van der Waals surface area contributed by atoms with E-state index < -0.39 is 11.8 Å². The molecule has 2 aliphatic rings. The van der Waals surface area contributed by atoms with Gasteiger partial charge in [0, 0.05) is 22.2 Å². The normalized spacial score (nSPS) is 22.5. The first-order valence-electron chi connectivity index (χ1n) is 7.67. The lowest BCUT2D eigenvalue weighted by Gasteiger charge is -2.17. The Labute approximate surface area is 151 Å². The number of ether oxygens (including phenoxy) is 1. The molecular weight excluding hydrogens is 396 g/mol. The van der Waals surface area contributed by atoms with E-state index >= 15 is 0 Å². The molecule has 132 valence electrons. The minimum atomic E-state index is -0.611. The third-order valence-electron chi connectivity index (χ3n) is 4.39. The van der Waals surface area contributed by atoms with Crippen molar-refractivity contribution in [3.8, 4) is 5.75 Å². The summed E-state index contributed by atoms with van der Waals surface area (Å²) >= 11 is 3.21. The molecule has 2 aromatic rings. The highest BCUT2D eigenvalue weighted by Gasteiger charge is 2.53. The Hall–Kier alpha value is -2.22. The second-order valence-corrected chi connectivity index (χ2v) is 6.90. The van der Waals surface area contributed by atoms with Gasteiger partial charge < -0.3 is 10.5 Å². The summed E-state index contributed by atoms with van der Waals surface area (Å²) < 4.78 is 32.8. The molecule has 0 bridgehead atoms. The third kappa shape index (κ3) is 3.73. The lowest BCUT2D eigenvalue weighted by molar-refractivity contribution is 0.258. The number of urea groups is 1. The van der Waals surface area contributed by atoms with Gasteiger partial charge >= 0.3 is 6.03 Å². The van der Waals surface area contributed by atoms with Crippen LogP contribution in [0.3, 0.4) is 0 Å². The Morgan fingerprint density at radius 3 is 2.68 bits per heavy atom. The van der Waals surface area contributed by atoms with Gasteiger partial charge in [0.05, 0.1) is 6.61 Å². The number of aromatic nitrogens is 1. The van der Waals surface area contributed by atoms with Gasteiger partial charge in [-0.15, -0.1) is 0 Å². The van der Waals surface area contributed by atoms with Gasteiger partial charge in [-0.05, 0) is 52.0 Å². The fourth-order valence-corrected chi connectivity index (χ4v) is 3.27. The van der Waals surface area contributed by atoms with Crippen LogP contribution in [0.15, 0.2) is 34.9 Å². The fraction of sp³-hybridized carbons (Fsp3) is 0.294. The monoisotopic (exact) mass is 411 g/mol. The standard InChI is InChI=1S/C11H10F2O.C6H6BrN3O/c1-5-6-4-14-11-8(13)3-2-7(12)10(11)9(5)6;7-4-1-2-5(9-3-4)10-6(8)11/h2-3,5-6,9H,4H2,1H3;1-3H,(H3,8,9,10,11)/t5-,6+,9-;/m1./s1. The minimum absolute atomic E-state index is 0.135. The molecule has 0 radical (unpaired) electrons. The van der Waals surface area contributed by atoms with Gasteiger partial charge in [-0.1, -0.05) is 6.92 Å². The summed E-state index contributed by atoms with van der Waals surface area (Å²) in [6.45, 7) is 2.58. The zero-order valence-electron chi connectivity index (χ0n) is 13.3. The van der Waals surface area contributed by atoms with E-state index in [1.807, 2.05) is 0 Å². The number of pyridine rings is 1. The first-order chi connectivity index (χ1) is 11.9. The SMILES string of the molecule is C[C@@H]1[C@@H]2COc3c(F)ccc(F)c3[C@H]12.NC(=O)Nc1ccc(Br)cn1. The molecule has 1 fully saturated rings. The van der Waals surface area contributed by atoms with Crippen LogP contribution in [-0.4, -0.2) is 17.6 Å². The summed E-state index contributed by atoms with van der Waals surface area (Å²) in [5.74, 6) is 0.788. The van der Waals surface area contributed by atoms with E-state index in [1.54, 1.807) is 18.3 Å². The Morgan fingerprint density at radius 2 is 2.04 bits per heavy atom. The van der Waals surface area contributed by atoms with E-state index in [4.69, 9.17) is 10.5 Å². The second kappa shape index (κ2) is 6.95. The number of anilines is 1. The van der Waals surface area contributed by atoms with E-state index in [9.17, 15) is 13.6 Å². The van der Waals surface area contributed by atoms with Crippen LogP contribution in [0.2, 0.25) is 0 Å². The largest absolute Gasteiger partial charge is 0.490 e. The van der Waals surface area contributed by atoms with Crippen molar-refractivity contribution in [2.75, 3.05) is 11.9 Å². The molecule has 1 aromatic heterocycles. The molecule has 0 unspecified atom stereocenters. The minimum Gasteiger partial charge on any atom is -0.490 e. The van der Waals surface area contributed by atoms with Gasteiger partial charge in [0.25, 0.3) is 0 Å². The molecule has 4 rings (SSSR count). The number of nitrogens with two attached hydrogens (primary N) is 1. The van der Waals surface area contributed by atoms with Crippen molar-refractivity contribution < 1.29 is 18.3 Å². The molecule has 0 spiro atoms. The first kappa shape index (κ1) is 17.6. The van der Waals surface area contributed by atoms with Crippen LogP contribution in [0.5, 0.6) is 5.75 Å². The van der Waals surface area contributed by atoms with Crippen LogP contribution < -0.4 is 15.8 Å². The van der Waals surface area contributed by atoms with E-state index in [-0.39, 0.29) is 17.5 Å².